The van der Waals surface area contributed by atoms with E-state index in [4.69, 9.17) is 11.6 Å². The van der Waals surface area contributed by atoms with Gasteiger partial charge in [0.05, 0.1) is 0 Å². The molecule has 0 aromatic rings. The number of alkyl halides is 1. The van der Waals surface area contributed by atoms with Crippen molar-refractivity contribution >= 4 is 48.9 Å². The first-order chi connectivity index (χ1) is 5.13. The molecule has 1 rings (SSSR count). The fraction of sp³-hybridized carbons (Fsp3) is 0.200. The lowest BCUT2D eigenvalue weighted by Gasteiger charge is -2.06. The molecule has 0 fully saturated rings. The summed E-state index contributed by atoms with van der Waals surface area (Å²) in [5.74, 6) is 0. The SMILES string of the molecule is O=S(=O)=C1C(Br)=CC=NC1Cl. The van der Waals surface area contributed by atoms with E-state index in [1.165, 1.54) is 12.3 Å². The van der Waals surface area contributed by atoms with Gasteiger partial charge >= 0.3 is 0 Å². The maximum atomic E-state index is 10.5. The number of allylic oxidation sites excluding steroid dienone is 1. The summed E-state index contributed by atoms with van der Waals surface area (Å²) < 4.78 is 21.5. The van der Waals surface area contributed by atoms with E-state index in [0.29, 0.717) is 4.48 Å². The molecule has 0 bridgehead atoms. The summed E-state index contributed by atoms with van der Waals surface area (Å²) in [5, 5.41) is 0. The molecule has 1 aliphatic rings. The Kier molecular flexibility index (Phi) is 2.86. The Morgan fingerprint density at radius 3 is 2.64 bits per heavy atom. The highest BCUT2D eigenvalue weighted by Crippen LogP contribution is 2.16. The molecular weight excluding hydrogens is 253 g/mol. The van der Waals surface area contributed by atoms with Crippen LogP contribution in [0.1, 0.15) is 0 Å². The van der Waals surface area contributed by atoms with Crippen molar-refractivity contribution < 1.29 is 8.42 Å². The van der Waals surface area contributed by atoms with E-state index >= 15 is 0 Å². The average Bonchev–Trinajstić information content (AvgIpc) is 1.85. The highest BCUT2D eigenvalue weighted by atomic mass is 79.9. The van der Waals surface area contributed by atoms with Gasteiger partial charge in [-0.2, -0.15) is 8.42 Å². The fourth-order valence-electron chi connectivity index (χ4n) is 0.607. The third-order valence-electron chi connectivity index (χ3n) is 1.07. The van der Waals surface area contributed by atoms with E-state index in [1.807, 2.05) is 0 Å². The number of hydrogen-bond donors (Lipinski definition) is 0. The molecule has 0 aromatic heterocycles. The van der Waals surface area contributed by atoms with Gasteiger partial charge in [-0.1, -0.05) is 11.6 Å². The van der Waals surface area contributed by atoms with Crippen LogP contribution in [-0.4, -0.2) is 25.0 Å². The molecule has 0 aliphatic carbocycles. The van der Waals surface area contributed by atoms with Gasteiger partial charge in [0.25, 0.3) is 0 Å². The third-order valence-corrected chi connectivity index (χ3v) is 3.29. The second kappa shape index (κ2) is 3.51. The van der Waals surface area contributed by atoms with Crippen molar-refractivity contribution in [2.45, 2.75) is 5.50 Å². The average molecular weight is 257 g/mol. The number of halogens is 2. The van der Waals surface area contributed by atoms with Gasteiger partial charge in [0.2, 0.25) is 10.3 Å². The van der Waals surface area contributed by atoms with Gasteiger partial charge in [-0.05, 0) is 22.0 Å². The largest absolute Gasteiger partial charge is 0.268 e. The zero-order valence-electron chi connectivity index (χ0n) is 5.16. The highest BCUT2D eigenvalue weighted by Gasteiger charge is 2.18. The first kappa shape index (κ1) is 8.96. The predicted octanol–water partition coefficient (Wildman–Crippen LogP) is 0.966. The normalized spacial score (nSPS) is 23.3. The van der Waals surface area contributed by atoms with Crippen molar-refractivity contribution in [3.63, 3.8) is 0 Å². The topological polar surface area (TPSA) is 46.5 Å². The maximum Gasteiger partial charge on any atom is 0.221 e. The van der Waals surface area contributed by atoms with Crippen molar-refractivity contribution in [3.05, 3.63) is 10.6 Å². The molecule has 1 atom stereocenters. The number of rotatable bonds is 0. The monoisotopic (exact) mass is 255 g/mol. The molecule has 0 N–H and O–H groups in total. The Morgan fingerprint density at radius 1 is 1.64 bits per heavy atom. The quantitative estimate of drug-likeness (QED) is 0.368. The lowest BCUT2D eigenvalue weighted by atomic mass is 10.3. The summed E-state index contributed by atoms with van der Waals surface area (Å²) in [4.78, 5) is 3.76. The molecule has 11 heavy (non-hydrogen) atoms. The van der Waals surface area contributed by atoms with Crippen molar-refractivity contribution in [3.8, 4) is 0 Å². The van der Waals surface area contributed by atoms with E-state index in [1.54, 1.807) is 0 Å². The van der Waals surface area contributed by atoms with E-state index in [9.17, 15) is 8.42 Å². The predicted molar refractivity (Wildman–Crippen MR) is 49.1 cm³/mol. The number of nitrogens with zero attached hydrogens (tertiary/aromatic N) is 1. The summed E-state index contributed by atoms with van der Waals surface area (Å²) in [5.41, 5.74) is -0.798. The summed E-state index contributed by atoms with van der Waals surface area (Å²) in [6.07, 6.45) is 2.99. The standard InChI is InChI=1S/C5H3BrClNO2S/c6-3-1-2-8-5(7)4(3)11(9)10/h1-2,5H. The summed E-state index contributed by atoms with van der Waals surface area (Å²) in [6.45, 7) is 0. The second-order valence-corrected chi connectivity index (χ2v) is 3.92. The second-order valence-electron chi connectivity index (χ2n) is 1.75. The van der Waals surface area contributed by atoms with Crippen LogP contribution in [0.15, 0.2) is 15.6 Å². The molecule has 1 heterocycles. The minimum absolute atomic E-state index is 0.0779. The van der Waals surface area contributed by atoms with E-state index in [-0.39, 0.29) is 4.86 Å². The van der Waals surface area contributed by atoms with E-state index in [2.05, 4.69) is 20.9 Å². The number of aliphatic imine (C=N–C) groups is 1. The Hall–Kier alpha value is -0.130. The van der Waals surface area contributed by atoms with Crippen LogP contribution >= 0.6 is 27.5 Å². The zero-order valence-corrected chi connectivity index (χ0v) is 8.32. The molecule has 0 saturated carbocycles. The van der Waals surface area contributed by atoms with Gasteiger partial charge < -0.3 is 0 Å². The first-order valence-corrected chi connectivity index (χ1v) is 4.93. The van der Waals surface area contributed by atoms with Crippen molar-refractivity contribution in [2.24, 2.45) is 4.99 Å². The summed E-state index contributed by atoms with van der Waals surface area (Å²) in [7, 11) is -2.31. The summed E-state index contributed by atoms with van der Waals surface area (Å²) >= 11 is 8.62. The van der Waals surface area contributed by atoms with Crippen LogP contribution < -0.4 is 0 Å². The van der Waals surface area contributed by atoms with Crippen LogP contribution in [-0.2, 0) is 10.3 Å². The Morgan fingerprint density at radius 2 is 2.27 bits per heavy atom. The lowest BCUT2D eigenvalue weighted by Crippen LogP contribution is -2.16. The van der Waals surface area contributed by atoms with Crippen LogP contribution in [0.25, 0.3) is 0 Å². The summed E-state index contributed by atoms with van der Waals surface area (Å²) in [6, 6.07) is 0. The lowest BCUT2D eigenvalue weighted by molar-refractivity contribution is 0.627. The first-order valence-electron chi connectivity index (χ1n) is 2.62. The molecule has 0 aromatic carbocycles. The Labute approximate surface area is 78.4 Å². The Balaban J connectivity index is 3.28. The molecule has 0 spiro atoms. The van der Waals surface area contributed by atoms with Gasteiger partial charge in [-0.25, -0.2) is 0 Å². The van der Waals surface area contributed by atoms with Gasteiger partial charge in [0, 0.05) is 10.7 Å². The van der Waals surface area contributed by atoms with Crippen LogP contribution in [0.5, 0.6) is 0 Å². The van der Waals surface area contributed by atoms with Crippen LogP contribution in [0.4, 0.5) is 0 Å². The smallest absolute Gasteiger partial charge is 0.221 e. The minimum Gasteiger partial charge on any atom is -0.268 e. The van der Waals surface area contributed by atoms with Gasteiger partial charge in [0.15, 0.2) is 5.50 Å². The highest BCUT2D eigenvalue weighted by molar-refractivity contribution is 9.12. The van der Waals surface area contributed by atoms with Crippen LogP contribution in [0, 0.1) is 0 Å². The maximum absolute atomic E-state index is 10.5. The molecule has 3 nitrogen and oxygen atoms in total. The number of hydrogen-bond acceptors (Lipinski definition) is 3. The Bertz CT molecular complexity index is 349. The molecule has 1 aliphatic heterocycles. The molecule has 1 unspecified atom stereocenters. The van der Waals surface area contributed by atoms with Gasteiger partial charge in [-0.3, -0.25) is 4.99 Å². The van der Waals surface area contributed by atoms with E-state index < -0.39 is 15.8 Å². The van der Waals surface area contributed by atoms with Crippen molar-refractivity contribution in [1.29, 1.82) is 0 Å². The van der Waals surface area contributed by atoms with Crippen LogP contribution in [0.2, 0.25) is 0 Å². The van der Waals surface area contributed by atoms with E-state index in [0.717, 1.165) is 0 Å². The van der Waals surface area contributed by atoms with Gasteiger partial charge in [0.1, 0.15) is 4.86 Å². The van der Waals surface area contributed by atoms with Crippen molar-refractivity contribution in [2.75, 3.05) is 0 Å². The minimum atomic E-state index is -2.31. The molecular formula is C5H3BrClNO2S. The fourth-order valence-corrected chi connectivity index (χ4v) is 2.32. The van der Waals surface area contributed by atoms with Gasteiger partial charge in [-0.15, -0.1) is 0 Å². The molecule has 0 saturated heterocycles. The molecule has 0 radical (unpaired) electrons. The van der Waals surface area contributed by atoms with Crippen LogP contribution in [0.3, 0.4) is 0 Å². The molecule has 60 valence electrons. The molecule has 6 heteroatoms. The third kappa shape index (κ3) is 1.91. The molecule has 0 amide bonds. The zero-order chi connectivity index (χ0) is 8.43. The van der Waals surface area contributed by atoms with Crippen molar-refractivity contribution in [1.82, 2.24) is 0 Å². The number of dihydropyridines is 1.